The highest BCUT2D eigenvalue weighted by Crippen LogP contribution is 2.24. The molecule has 0 bridgehead atoms. The number of unbranched alkanes of at least 4 members (excludes halogenated alkanes) is 3. The highest BCUT2D eigenvalue weighted by atomic mass is 79.9. The van der Waals surface area contributed by atoms with E-state index in [1.807, 2.05) is 0 Å². The standard InChI is InChI=1S/C30H28Br2/c31-29-19-15-27(16-20-29)25-11-7-23(8-12-25)5-3-1-2-4-6-24-9-13-26(14-10-24)28-17-21-30(32)22-18-28/h7-22H,1-6H2. The van der Waals surface area contributed by atoms with Crippen molar-refractivity contribution in [3.63, 3.8) is 0 Å². The van der Waals surface area contributed by atoms with Crippen LogP contribution in [0.2, 0.25) is 0 Å². The van der Waals surface area contributed by atoms with Crippen LogP contribution in [0.5, 0.6) is 0 Å². The number of hydrogen-bond acceptors (Lipinski definition) is 0. The van der Waals surface area contributed by atoms with Gasteiger partial charge < -0.3 is 0 Å². The van der Waals surface area contributed by atoms with Gasteiger partial charge in [0.1, 0.15) is 0 Å². The first kappa shape index (κ1) is 23.0. The van der Waals surface area contributed by atoms with E-state index < -0.39 is 0 Å². The molecule has 4 aromatic rings. The molecule has 0 radical (unpaired) electrons. The molecule has 0 N–H and O–H groups in total. The minimum atomic E-state index is 1.12. The van der Waals surface area contributed by atoms with Gasteiger partial charge in [-0.15, -0.1) is 0 Å². The molecule has 0 unspecified atom stereocenters. The maximum atomic E-state index is 3.50. The predicted octanol–water partition coefficient (Wildman–Crippen LogP) is 9.89. The molecule has 0 fully saturated rings. The number of hydrogen-bond donors (Lipinski definition) is 0. The molecule has 0 nitrogen and oxygen atoms in total. The molecule has 162 valence electrons. The summed E-state index contributed by atoms with van der Waals surface area (Å²) in [7, 11) is 0. The van der Waals surface area contributed by atoms with Crippen LogP contribution in [-0.4, -0.2) is 0 Å². The number of benzene rings is 4. The molecule has 0 aliphatic carbocycles. The van der Waals surface area contributed by atoms with E-state index in [2.05, 4.69) is 129 Å². The second-order valence-corrected chi connectivity index (χ2v) is 10.2. The van der Waals surface area contributed by atoms with E-state index in [4.69, 9.17) is 0 Å². The van der Waals surface area contributed by atoms with Gasteiger partial charge in [-0.1, -0.05) is 117 Å². The summed E-state index contributed by atoms with van der Waals surface area (Å²) in [5.41, 5.74) is 7.98. The van der Waals surface area contributed by atoms with Crippen molar-refractivity contribution in [3.8, 4) is 22.3 Å². The van der Waals surface area contributed by atoms with Crippen molar-refractivity contribution < 1.29 is 0 Å². The monoisotopic (exact) mass is 546 g/mol. The van der Waals surface area contributed by atoms with Crippen molar-refractivity contribution >= 4 is 31.9 Å². The van der Waals surface area contributed by atoms with Crippen LogP contribution >= 0.6 is 31.9 Å². The summed E-state index contributed by atoms with van der Waals surface area (Å²) in [4.78, 5) is 0. The lowest BCUT2D eigenvalue weighted by atomic mass is 9.99. The maximum absolute atomic E-state index is 3.50. The van der Waals surface area contributed by atoms with E-state index in [0.717, 1.165) is 8.95 Å². The van der Waals surface area contributed by atoms with E-state index in [-0.39, 0.29) is 0 Å². The smallest absolute Gasteiger partial charge is 0.0175 e. The molecule has 2 heteroatoms. The number of aryl methyl sites for hydroxylation is 2. The molecule has 0 aromatic heterocycles. The van der Waals surface area contributed by atoms with Crippen molar-refractivity contribution in [3.05, 3.63) is 117 Å². The second-order valence-electron chi connectivity index (χ2n) is 8.32. The number of halogens is 2. The van der Waals surface area contributed by atoms with Gasteiger partial charge in [0, 0.05) is 8.95 Å². The average Bonchev–Trinajstić information content (AvgIpc) is 2.83. The van der Waals surface area contributed by atoms with Gasteiger partial charge in [-0.2, -0.15) is 0 Å². The largest absolute Gasteiger partial charge is 0.0584 e. The SMILES string of the molecule is Brc1ccc(-c2ccc(CCCCCCc3ccc(-c4ccc(Br)cc4)cc3)cc2)cc1. The van der Waals surface area contributed by atoms with Crippen LogP contribution in [0.3, 0.4) is 0 Å². The predicted molar refractivity (Wildman–Crippen MR) is 145 cm³/mol. The summed E-state index contributed by atoms with van der Waals surface area (Å²) in [5.74, 6) is 0. The minimum Gasteiger partial charge on any atom is -0.0584 e. The Morgan fingerprint density at radius 2 is 0.625 bits per heavy atom. The van der Waals surface area contributed by atoms with Gasteiger partial charge in [-0.3, -0.25) is 0 Å². The molecule has 32 heavy (non-hydrogen) atoms. The van der Waals surface area contributed by atoms with Gasteiger partial charge in [0.15, 0.2) is 0 Å². The third-order valence-electron chi connectivity index (χ3n) is 5.94. The fraction of sp³-hybridized carbons (Fsp3) is 0.200. The summed E-state index contributed by atoms with van der Waals surface area (Å²) in [6.45, 7) is 0. The summed E-state index contributed by atoms with van der Waals surface area (Å²) >= 11 is 7.00. The molecular formula is C30H28Br2. The van der Waals surface area contributed by atoms with Crippen molar-refractivity contribution in [2.45, 2.75) is 38.5 Å². The highest BCUT2D eigenvalue weighted by Gasteiger charge is 2.01. The van der Waals surface area contributed by atoms with Gasteiger partial charge in [0.25, 0.3) is 0 Å². The fourth-order valence-corrected chi connectivity index (χ4v) is 4.55. The Bertz CT molecular complexity index is 1000. The lowest BCUT2D eigenvalue weighted by molar-refractivity contribution is 0.640. The Hall–Kier alpha value is -2.16. The maximum Gasteiger partial charge on any atom is 0.0175 e. The van der Waals surface area contributed by atoms with E-state index in [9.17, 15) is 0 Å². The lowest BCUT2D eigenvalue weighted by Crippen LogP contribution is -1.89. The van der Waals surface area contributed by atoms with Crippen LogP contribution in [0, 0.1) is 0 Å². The Balaban J connectivity index is 1.16. The van der Waals surface area contributed by atoms with Crippen LogP contribution in [0.25, 0.3) is 22.3 Å². The third-order valence-corrected chi connectivity index (χ3v) is 7.00. The Morgan fingerprint density at radius 1 is 0.344 bits per heavy atom. The van der Waals surface area contributed by atoms with Gasteiger partial charge in [-0.05, 0) is 83.3 Å². The van der Waals surface area contributed by atoms with Crippen molar-refractivity contribution in [2.75, 3.05) is 0 Å². The van der Waals surface area contributed by atoms with Gasteiger partial charge in [0.05, 0.1) is 0 Å². The van der Waals surface area contributed by atoms with E-state index >= 15 is 0 Å². The zero-order valence-electron chi connectivity index (χ0n) is 18.2. The van der Waals surface area contributed by atoms with Gasteiger partial charge >= 0.3 is 0 Å². The molecule has 4 aromatic carbocycles. The van der Waals surface area contributed by atoms with Gasteiger partial charge in [0.2, 0.25) is 0 Å². The first-order valence-electron chi connectivity index (χ1n) is 11.4. The molecule has 0 atom stereocenters. The van der Waals surface area contributed by atoms with Crippen LogP contribution < -0.4 is 0 Å². The van der Waals surface area contributed by atoms with Crippen molar-refractivity contribution in [1.82, 2.24) is 0 Å². The molecule has 0 aliphatic heterocycles. The third kappa shape index (κ3) is 6.67. The zero-order chi connectivity index (χ0) is 22.2. The summed E-state index contributed by atoms with van der Waals surface area (Å²) in [6.07, 6.45) is 7.46. The minimum absolute atomic E-state index is 1.12. The summed E-state index contributed by atoms with van der Waals surface area (Å²) < 4.78 is 2.24. The first-order chi connectivity index (χ1) is 15.7. The molecule has 0 amide bonds. The molecule has 0 spiro atoms. The molecule has 0 aliphatic rings. The Labute approximate surface area is 209 Å². The van der Waals surface area contributed by atoms with Crippen molar-refractivity contribution in [1.29, 1.82) is 0 Å². The molecule has 0 saturated carbocycles. The Morgan fingerprint density at radius 3 is 0.938 bits per heavy atom. The van der Waals surface area contributed by atoms with E-state index in [0.29, 0.717) is 0 Å². The highest BCUT2D eigenvalue weighted by molar-refractivity contribution is 9.10. The quantitative estimate of drug-likeness (QED) is 0.183. The topological polar surface area (TPSA) is 0 Å². The molecular weight excluding hydrogens is 520 g/mol. The molecule has 4 rings (SSSR count). The van der Waals surface area contributed by atoms with Crippen LogP contribution in [0.4, 0.5) is 0 Å². The molecule has 0 saturated heterocycles. The zero-order valence-corrected chi connectivity index (χ0v) is 21.4. The normalized spacial score (nSPS) is 10.9. The fourth-order valence-electron chi connectivity index (χ4n) is 4.02. The van der Waals surface area contributed by atoms with E-state index in [1.165, 1.54) is 71.9 Å². The van der Waals surface area contributed by atoms with Crippen LogP contribution in [-0.2, 0) is 12.8 Å². The Kier molecular flexibility index (Phi) is 8.36. The number of rotatable bonds is 9. The van der Waals surface area contributed by atoms with Crippen LogP contribution in [0.15, 0.2) is 106 Å². The van der Waals surface area contributed by atoms with Crippen LogP contribution in [0.1, 0.15) is 36.8 Å². The average molecular weight is 548 g/mol. The van der Waals surface area contributed by atoms with E-state index in [1.54, 1.807) is 0 Å². The summed E-state index contributed by atoms with van der Waals surface area (Å²) in [6, 6.07) is 35.1. The lowest BCUT2D eigenvalue weighted by Gasteiger charge is -2.06. The van der Waals surface area contributed by atoms with Crippen molar-refractivity contribution in [2.24, 2.45) is 0 Å². The second kappa shape index (κ2) is 11.6. The summed E-state index contributed by atoms with van der Waals surface area (Å²) in [5, 5.41) is 0. The van der Waals surface area contributed by atoms with Gasteiger partial charge in [-0.25, -0.2) is 0 Å². The molecule has 0 heterocycles. The first-order valence-corrected chi connectivity index (χ1v) is 13.0.